The average molecular weight is 295 g/mol. The van der Waals surface area contributed by atoms with Gasteiger partial charge in [0.2, 0.25) is 0 Å². The van der Waals surface area contributed by atoms with E-state index in [0.717, 1.165) is 16.7 Å². The Morgan fingerprint density at radius 1 is 1.10 bits per heavy atom. The molecule has 0 heterocycles. The number of ether oxygens (including phenoxy) is 1. The molecule has 0 saturated carbocycles. The standard InChI is InChI=1S/C16H16F3NO/c1-10-8-13(17)5-2-12(10)9-15(20)11-3-6-14(7-4-11)21-16(18)19/h2-8,15-16H,9,20H2,1H3. The quantitative estimate of drug-likeness (QED) is 0.905. The highest BCUT2D eigenvalue weighted by Crippen LogP contribution is 2.22. The van der Waals surface area contributed by atoms with Crippen molar-refractivity contribution in [3.05, 3.63) is 65.0 Å². The van der Waals surface area contributed by atoms with Crippen LogP contribution < -0.4 is 10.5 Å². The molecule has 2 aromatic carbocycles. The van der Waals surface area contributed by atoms with Crippen LogP contribution in [0.25, 0.3) is 0 Å². The molecule has 0 amide bonds. The van der Waals surface area contributed by atoms with Gasteiger partial charge in [0.25, 0.3) is 0 Å². The van der Waals surface area contributed by atoms with Crippen molar-refractivity contribution >= 4 is 0 Å². The zero-order chi connectivity index (χ0) is 15.4. The van der Waals surface area contributed by atoms with Gasteiger partial charge in [-0.15, -0.1) is 0 Å². The molecule has 2 aromatic rings. The molecule has 2 rings (SSSR count). The van der Waals surface area contributed by atoms with E-state index in [1.54, 1.807) is 18.2 Å². The molecule has 0 aliphatic heterocycles. The third-order valence-electron chi connectivity index (χ3n) is 3.28. The summed E-state index contributed by atoms with van der Waals surface area (Å²) in [5.41, 5.74) is 8.70. The molecule has 5 heteroatoms. The van der Waals surface area contributed by atoms with Crippen LogP contribution in [0.4, 0.5) is 13.2 Å². The normalized spacial score (nSPS) is 12.5. The Balaban J connectivity index is 2.07. The third kappa shape index (κ3) is 4.23. The molecule has 0 aromatic heterocycles. The van der Waals surface area contributed by atoms with Gasteiger partial charge in [-0.25, -0.2) is 4.39 Å². The van der Waals surface area contributed by atoms with Crippen molar-refractivity contribution in [2.45, 2.75) is 26.0 Å². The van der Waals surface area contributed by atoms with E-state index in [4.69, 9.17) is 5.73 Å². The summed E-state index contributed by atoms with van der Waals surface area (Å²) in [5.74, 6) is -0.183. The van der Waals surface area contributed by atoms with Crippen LogP contribution in [0, 0.1) is 12.7 Å². The summed E-state index contributed by atoms with van der Waals surface area (Å²) in [6, 6.07) is 10.5. The second-order valence-corrected chi connectivity index (χ2v) is 4.83. The Morgan fingerprint density at radius 3 is 2.33 bits per heavy atom. The number of rotatable bonds is 5. The van der Waals surface area contributed by atoms with Gasteiger partial charge in [0.05, 0.1) is 0 Å². The van der Waals surface area contributed by atoms with Gasteiger partial charge in [0.1, 0.15) is 11.6 Å². The minimum Gasteiger partial charge on any atom is -0.435 e. The maximum Gasteiger partial charge on any atom is 0.387 e. The summed E-state index contributed by atoms with van der Waals surface area (Å²) in [7, 11) is 0. The van der Waals surface area contributed by atoms with E-state index >= 15 is 0 Å². The number of nitrogens with two attached hydrogens (primary N) is 1. The van der Waals surface area contributed by atoms with Gasteiger partial charge in [-0.05, 0) is 54.3 Å². The summed E-state index contributed by atoms with van der Waals surface area (Å²) < 4.78 is 41.5. The first-order valence-corrected chi connectivity index (χ1v) is 6.51. The molecule has 0 aliphatic carbocycles. The highest BCUT2D eigenvalue weighted by Gasteiger charge is 2.10. The molecule has 0 bridgehead atoms. The fourth-order valence-electron chi connectivity index (χ4n) is 2.14. The lowest BCUT2D eigenvalue weighted by atomic mass is 9.97. The molecule has 2 nitrogen and oxygen atoms in total. The van der Waals surface area contributed by atoms with E-state index in [2.05, 4.69) is 4.74 Å². The molecule has 1 atom stereocenters. The van der Waals surface area contributed by atoms with Crippen LogP contribution in [0.3, 0.4) is 0 Å². The van der Waals surface area contributed by atoms with Crippen LogP contribution >= 0.6 is 0 Å². The summed E-state index contributed by atoms with van der Waals surface area (Å²) in [4.78, 5) is 0. The van der Waals surface area contributed by atoms with E-state index in [1.807, 2.05) is 6.92 Å². The topological polar surface area (TPSA) is 35.2 Å². The van der Waals surface area contributed by atoms with Crippen LogP contribution in [0.5, 0.6) is 5.75 Å². The number of hydrogen-bond donors (Lipinski definition) is 1. The van der Waals surface area contributed by atoms with E-state index in [1.165, 1.54) is 24.3 Å². The van der Waals surface area contributed by atoms with E-state index < -0.39 is 6.61 Å². The molecule has 0 saturated heterocycles. The van der Waals surface area contributed by atoms with Crippen LogP contribution in [-0.2, 0) is 6.42 Å². The number of halogens is 3. The molecule has 1 unspecified atom stereocenters. The monoisotopic (exact) mass is 295 g/mol. The molecule has 21 heavy (non-hydrogen) atoms. The zero-order valence-electron chi connectivity index (χ0n) is 11.5. The first kappa shape index (κ1) is 15.4. The van der Waals surface area contributed by atoms with E-state index in [-0.39, 0.29) is 17.6 Å². The first-order chi connectivity index (χ1) is 9.95. The van der Waals surface area contributed by atoms with Gasteiger partial charge in [-0.1, -0.05) is 18.2 Å². The van der Waals surface area contributed by atoms with Crippen molar-refractivity contribution in [1.29, 1.82) is 0 Å². The minimum atomic E-state index is -2.84. The SMILES string of the molecule is Cc1cc(F)ccc1CC(N)c1ccc(OC(F)F)cc1. The van der Waals surface area contributed by atoms with E-state index in [9.17, 15) is 13.2 Å². The lowest BCUT2D eigenvalue weighted by molar-refractivity contribution is -0.0498. The third-order valence-corrected chi connectivity index (χ3v) is 3.28. The Labute approximate surface area is 121 Å². The van der Waals surface area contributed by atoms with Crippen LogP contribution in [0.1, 0.15) is 22.7 Å². The largest absolute Gasteiger partial charge is 0.435 e. The molecule has 0 fully saturated rings. The second kappa shape index (κ2) is 6.63. The Hall–Kier alpha value is -2.01. The molecular formula is C16H16F3NO. The van der Waals surface area contributed by atoms with Gasteiger partial charge in [0.15, 0.2) is 0 Å². The lowest BCUT2D eigenvalue weighted by Crippen LogP contribution is -2.14. The minimum absolute atomic E-state index is 0.0962. The lowest BCUT2D eigenvalue weighted by Gasteiger charge is -2.14. The highest BCUT2D eigenvalue weighted by atomic mass is 19.3. The molecule has 0 aliphatic rings. The van der Waals surface area contributed by atoms with Gasteiger partial charge < -0.3 is 10.5 Å². The van der Waals surface area contributed by atoms with E-state index in [0.29, 0.717) is 6.42 Å². The average Bonchev–Trinajstić information content (AvgIpc) is 2.42. The summed E-state index contributed by atoms with van der Waals surface area (Å²) >= 11 is 0. The molecule has 2 N–H and O–H groups in total. The summed E-state index contributed by atoms with van der Waals surface area (Å²) in [6.45, 7) is -1.02. The first-order valence-electron chi connectivity index (χ1n) is 6.51. The van der Waals surface area contributed by atoms with Crippen molar-refractivity contribution in [1.82, 2.24) is 0 Å². The fourth-order valence-corrected chi connectivity index (χ4v) is 2.14. The Kier molecular flexibility index (Phi) is 4.85. The maximum atomic E-state index is 13.1. The van der Waals surface area contributed by atoms with Gasteiger partial charge in [-0.2, -0.15) is 8.78 Å². The Morgan fingerprint density at radius 2 is 1.76 bits per heavy atom. The summed E-state index contributed by atoms with van der Waals surface area (Å²) in [5, 5.41) is 0. The predicted octanol–water partition coefficient (Wildman–Crippen LogP) is 3.98. The van der Waals surface area contributed by atoms with Crippen molar-refractivity contribution in [2.75, 3.05) is 0 Å². The summed E-state index contributed by atoms with van der Waals surface area (Å²) in [6.07, 6.45) is 0.543. The van der Waals surface area contributed by atoms with Crippen molar-refractivity contribution in [3.8, 4) is 5.75 Å². The second-order valence-electron chi connectivity index (χ2n) is 4.83. The number of benzene rings is 2. The smallest absolute Gasteiger partial charge is 0.387 e. The zero-order valence-corrected chi connectivity index (χ0v) is 11.5. The van der Waals surface area contributed by atoms with Gasteiger partial charge in [-0.3, -0.25) is 0 Å². The van der Waals surface area contributed by atoms with Gasteiger partial charge >= 0.3 is 6.61 Å². The molecular weight excluding hydrogens is 279 g/mol. The van der Waals surface area contributed by atoms with Crippen LogP contribution in [0.2, 0.25) is 0 Å². The number of hydrogen-bond acceptors (Lipinski definition) is 2. The predicted molar refractivity (Wildman–Crippen MR) is 74.8 cm³/mol. The number of alkyl halides is 2. The Bertz CT molecular complexity index is 599. The van der Waals surface area contributed by atoms with Crippen molar-refractivity contribution < 1.29 is 17.9 Å². The van der Waals surface area contributed by atoms with Crippen LogP contribution in [-0.4, -0.2) is 6.61 Å². The number of aryl methyl sites for hydroxylation is 1. The van der Waals surface area contributed by atoms with Crippen molar-refractivity contribution in [2.24, 2.45) is 5.73 Å². The maximum absolute atomic E-state index is 13.1. The van der Waals surface area contributed by atoms with Crippen LogP contribution in [0.15, 0.2) is 42.5 Å². The highest BCUT2D eigenvalue weighted by molar-refractivity contribution is 5.32. The molecule has 0 spiro atoms. The molecule has 0 radical (unpaired) electrons. The van der Waals surface area contributed by atoms with Gasteiger partial charge in [0, 0.05) is 6.04 Å². The van der Waals surface area contributed by atoms with Crippen molar-refractivity contribution in [3.63, 3.8) is 0 Å². The molecule has 112 valence electrons. The fraction of sp³-hybridized carbons (Fsp3) is 0.250.